The van der Waals surface area contributed by atoms with Crippen LogP contribution in [0, 0.1) is 0 Å². The highest BCUT2D eigenvalue weighted by molar-refractivity contribution is 7.66. The Hall–Kier alpha value is -0.570. The Morgan fingerprint density at radius 1 is 1.21 bits per heavy atom. The van der Waals surface area contributed by atoms with Crippen LogP contribution in [0.1, 0.15) is 13.3 Å². The van der Waals surface area contributed by atoms with Crippen molar-refractivity contribution in [1.29, 1.82) is 0 Å². The first kappa shape index (κ1) is 25.5. The molecule has 1 aliphatic rings. The lowest BCUT2D eigenvalue weighted by atomic mass is 9.97. The Labute approximate surface area is 157 Å². The Morgan fingerprint density at radius 3 is 2.29 bits per heavy atom. The van der Waals surface area contributed by atoms with Gasteiger partial charge in [-0.15, -0.1) is 0 Å². The first-order valence-electron chi connectivity index (χ1n) is 7.09. The molecule has 6 atom stereocenters. The van der Waals surface area contributed by atoms with Crippen molar-refractivity contribution in [3.8, 4) is 0 Å². The van der Waals surface area contributed by atoms with Gasteiger partial charge in [0.15, 0.2) is 6.23 Å². The maximum Gasteiger partial charge on any atom is 0.490 e. The van der Waals surface area contributed by atoms with Gasteiger partial charge in [0, 0.05) is 6.21 Å². The molecule has 1 heterocycles. The number of nitrogens with zero attached hydrogens (tertiary/aromatic N) is 1. The highest BCUT2D eigenvalue weighted by atomic mass is 31.3. The molecule has 0 aromatic rings. The van der Waals surface area contributed by atoms with Crippen LogP contribution in [0.15, 0.2) is 4.99 Å². The van der Waals surface area contributed by atoms with E-state index in [9.17, 15) is 33.6 Å². The van der Waals surface area contributed by atoms with Gasteiger partial charge in [-0.3, -0.25) is 14.3 Å². The van der Waals surface area contributed by atoms with E-state index < -0.39 is 60.0 Å². The van der Waals surface area contributed by atoms with Gasteiger partial charge in [-0.05, 0) is 6.92 Å². The Kier molecular flexibility index (Phi) is 8.24. The smallest absolute Gasteiger partial charge is 0.387 e. The largest absolute Gasteiger partial charge is 0.490 e. The van der Waals surface area contributed by atoms with Gasteiger partial charge in [0.05, 0.1) is 13.0 Å². The SMILES string of the molecule is CC1(O)C(N=CCC(N)=O)OC(COP(=O)(O)OP(=O)(O)OP(=O)(O)O)C1O. The van der Waals surface area contributed by atoms with E-state index in [0.717, 1.165) is 13.1 Å². The van der Waals surface area contributed by atoms with E-state index in [4.69, 9.17) is 25.2 Å². The molecule has 1 amide bonds. The maximum atomic E-state index is 11.6. The number of carbonyl (C=O) groups excluding carboxylic acids is 1. The van der Waals surface area contributed by atoms with Crippen LogP contribution in [-0.4, -0.2) is 72.6 Å². The molecule has 28 heavy (non-hydrogen) atoms. The third-order valence-electron chi connectivity index (χ3n) is 3.11. The molecule has 0 radical (unpaired) electrons. The molecule has 1 fully saturated rings. The zero-order valence-corrected chi connectivity index (χ0v) is 16.7. The minimum atomic E-state index is -5.70. The van der Waals surface area contributed by atoms with E-state index in [2.05, 4.69) is 18.1 Å². The van der Waals surface area contributed by atoms with E-state index in [1.165, 1.54) is 0 Å². The predicted molar refractivity (Wildman–Crippen MR) is 87.4 cm³/mol. The number of phosphoric ester groups is 1. The number of phosphoric acid groups is 3. The molecule has 0 saturated carbocycles. The fourth-order valence-corrected chi connectivity index (χ4v) is 4.96. The van der Waals surface area contributed by atoms with E-state index in [1.54, 1.807) is 0 Å². The van der Waals surface area contributed by atoms with Gasteiger partial charge in [-0.1, -0.05) is 0 Å². The lowest BCUT2D eigenvalue weighted by Gasteiger charge is -2.24. The first-order valence-corrected chi connectivity index (χ1v) is 11.6. The zero-order valence-electron chi connectivity index (χ0n) is 14.0. The lowest BCUT2D eigenvalue weighted by molar-refractivity contribution is -0.116. The zero-order chi connectivity index (χ0) is 22.0. The number of primary amides is 1. The molecule has 0 aromatic carbocycles. The molecule has 1 rings (SSSR count). The van der Waals surface area contributed by atoms with Crippen LogP contribution in [-0.2, 0) is 36.4 Å². The number of aliphatic imine (C=N–C) groups is 1. The molecule has 0 spiro atoms. The Balaban J connectivity index is 2.74. The minimum Gasteiger partial charge on any atom is -0.387 e. The second-order valence-electron chi connectivity index (χ2n) is 5.59. The van der Waals surface area contributed by atoms with Crippen LogP contribution < -0.4 is 5.73 Å². The quantitative estimate of drug-likeness (QED) is 0.135. The molecule has 164 valence electrons. The molecular formula is C9H19N2O14P3. The van der Waals surface area contributed by atoms with Gasteiger partial charge in [-0.2, -0.15) is 8.62 Å². The maximum absolute atomic E-state index is 11.6. The average molecular weight is 472 g/mol. The summed E-state index contributed by atoms with van der Waals surface area (Å²) in [4.78, 5) is 49.6. The Morgan fingerprint density at radius 2 is 1.79 bits per heavy atom. The molecular weight excluding hydrogens is 453 g/mol. The molecule has 8 N–H and O–H groups in total. The molecule has 6 unspecified atom stereocenters. The van der Waals surface area contributed by atoms with Crippen molar-refractivity contribution in [2.75, 3.05) is 6.61 Å². The minimum absolute atomic E-state index is 0.293. The van der Waals surface area contributed by atoms with Crippen molar-refractivity contribution in [3.05, 3.63) is 0 Å². The number of hydrogen-bond acceptors (Lipinski definition) is 11. The summed E-state index contributed by atoms with van der Waals surface area (Å²) in [5.74, 6) is -0.730. The normalized spacial score (nSPS) is 32.9. The fraction of sp³-hybridized carbons (Fsp3) is 0.778. The summed E-state index contributed by atoms with van der Waals surface area (Å²) in [5.41, 5.74) is 2.89. The predicted octanol–water partition coefficient (Wildman–Crippen LogP) is -1.89. The third-order valence-corrected chi connectivity index (χ3v) is 6.91. The van der Waals surface area contributed by atoms with Crippen LogP contribution in [0.4, 0.5) is 0 Å². The number of hydrogen-bond donors (Lipinski definition) is 7. The molecule has 0 aliphatic carbocycles. The van der Waals surface area contributed by atoms with Gasteiger partial charge in [0.2, 0.25) is 5.91 Å². The van der Waals surface area contributed by atoms with Gasteiger partial charge >= 0.3 is 23.5 Å². The van der Waals surface area contributed by atoms with Gasteiger partial charge < -0.3 is 40.3 Å². The number of aliphatic hydroxyl groups is 2. The summed E-state index contributed by atoms with van der Waals surface area (Å²) in [5, 5.41) is 20.2. The highest BCUT2D eigenvalue weighted by Gasteiger charge is 2.53. The molecule has 0 bridgehead atoms. The summed E-state index contributed by atoms with van der Waals surface area (Å²) < 4.78 is 49.9. The van der Waals surface area contributed by atoms with E-state index in [-0.39, 0.29) is 6.42 Å². The summed E-state index contributed by atoms with van der Waals surface area (Å²) in [6, 6.07) is 0. The second-order valence-corrected chi connectivity index (χ2v) is 10.0. The van der Waals surface area contributed by atoms with Crippen LogP contribution in [0.3, 0.4) is 0 Å². The molecule has 1 aliphatic heterocycles. The van der Waals surface area contributed by atoms with Crippen LogP contribution in [0.25, 0.3) is 0 Å². The standard InChI is InChI=1S/C9H19N2O14P3/c1-9(14)7(13)5(23-8(9)11-3-2-6(10)12)4-22-27(18,19)25-28(20,21)24-26(15,16)17/h3,5,7-8,13-14H,2,4H2,1H3,(H2,10,12)(H,18,19)(H,20,21)(H2,15,16,17). The molecule has 16 nitrogen and oxygen atoms in total. The second kappa shape index (κ2) is 9.06. The number of ether oxygens (including phenoxy) is 1. The number of carbonyl (C=O) groups is 1. The highest BCUT2D eigenvalue weighted by Crippen LogP contribution is 2.66. The average Bonchev–Trinajstić information content (AvgIpc) is 2.64. The number of rotatable bonds is 10. The molecule has 0 aromatic heterocycles. The number of nitrogens with two attached hydrogens (primary N) is 1. The van der Waals surface area contributed by atoms with E-state index in [0.29, 0.717) is 0 Å². The van der Waals surface area contributed by atoms with Gasteiger partial charge in [0.1, 0.15) is 17.8 Å². The van der Waals surface area contributed by atoms with E-state index >= 15 is 0 Å². The summed E-state index contributed by atoms with van der Waals surface area (Å²) >= 11 is 0. The van der Waals surface area contributed by atoms with Crippen molar-refractivity contribution in [3.63, 3.8) is 0 Å². The first-order chi connectivity index (χ1) is 12.5. The van der Waals surface area contributed by atoms with Crippen molar-refractivity contribution < 1.29 is 66.2 Å². The van der Waals surface area contributed by atoms with Crippen LogP contribution in [0.2, 0.25) is 0 Å². The monoisotopic (exact) mass is 472 g/mol. The lowest BCUT2D eigenvalue weighted by Crippen LogP contribution is -2.45. The summed E-state index contributed by atoms with van der Waals surface area (Å²) in [6.07, 6.45) is -3.92. The number of aliphatic hydroxyl groups excluding tert-OH is 1. The van der Waals surface area contributed by atoms with Crippen LogP contribution >= 0.6 is 23.5 Å². The summed E-state index contributed by atoms with van der Waals surface area (Å²) in [6.45, 7) is 0.123. The number of amides is 1. The summed E-state index contributed by atoms with van der Waals surface area (Å²) in [7, 11) is -16.7. The van der Waals surface area contributed by atoms with Crippen molar-refractivity contribution in [2.45, 2.75) is 37.4 Å². The van der Waals surface area contributed by atoms with Gasteiger partial charge in [-0.25, -0.2) is 13.7 Å². The molecule has 1 saturated heterocycles. The third kappa shape index (κ3) is 8.05. The van der Waals surface area contributed by atoms with Crippen LogP contribution in [0.5, 0.6) is 0 Å². The molecule has 19 heteroatoms. The van der Waals surface area contributed by atoms with Gasteiger partial charge in [0.25, 0.3) is 0 Å². The Bertz CT molecular complexity index is 748. The fourth-order valence-electron chi connectivity index (χ4n) is 1.93. The van der Waals surface area contributed by atoms with Crippen molar-refractivity contribution in [2.24, 2.45) is 10.7 Å². The topological polar surface area (TPSA) is 265 Å². The van der Waals surface area contributed by atoms with Crippen molar-refractivity contribution in [1.82, 2.24) is 0 Å². The van der Waals surface area contributed by atoms with Crippen molar-refractivity contribution >= 4 is 35.6 Å². The van der Waals surface area contributed by atoms with E-state index in [1.807, 2.05) is 0 Å².